The summed E-state index contributed by atoms with van der Waals surface area (Å²) < 4.78 is 6.20. The van der Waals surface area contributed by atoms with Crippen LogP contribution in [0.4, 0.5) is 0 Å². The lowest BCUT2D eigenvalue weighted by atomic mass is 10.3. The van der Waals surface area contributed by atoms with E-state index in [-0.39, 0.29) is 0 Å². The molecule has 0 fully saturated rings. The molecular weight excluding hydrogens is 210 g/mol. The summed E-state index contributed by atoms with van der Waals surface area (Å²) in [5.41, 5.74) is 0. The molecule has 1 aromatic carbocycles. The van der Waals surface area contributed by atoms with E-state index >= 15 is 0 Å². The van der Waals surface area contributed by atoms with Crippen molar-refractivity contribution in [2.75, 3.05) is 0 Å². The molecule has 2 rings (SSSR count). The van der Waals surface area contributed by atoms with E-state index in [1.165, 1.54) is 16.2 Å². The second-order valence-corrected chi connectivity index (χ2v) is 3.66. The van der Waals surface area contributed by atoms with Crippen LogP contribution in [0, 0.1) is 6.20 Å². The molecule has 0 saturated heterocycles. The van der Waals surface area contributed by atoms with Crippen LogP contribution in [0.25, 0.3) is 10.1 Å². The van der Waals surface area contributed by atoms with Crippen LogP contribution < -0.4 is 0 Å². The van der Waals surface area contributed by atoms with Gasteiger partial charge in [-0.1, -0.05) is 15.9 Å². The van der Waals surface area contributed by atoms with Crippen LogP contribution >= 0.6 is 27.5 Å². The van der Waals surface area contributed by atoms with Crippen LogP contribution in [0.3, 0.4) is 0 Å². The molecular formula is C7H3BrNS. The van der Waals surface area contributed by atoms with Gasteiger partial charge in [0, 0.05) is 9.86 Å². The quantitative estimate of drug-likeness (QED) is 0.655. The van der Waals surface area contributed by atoms with Crippen molar-refractivity contribution in [3.63, 3.8) is 0 Å². The van der Waals surface area contributed by atoms with E-state index in [0.717, 1.165) is 9.86 Å². The number of nitrogens with zero attached hydrogens (tertiary/aromatic N) is 1. The predicted molar refractivity (Wildman–Crippen MR) is 46.2 cm³/mol. The molecule has 1 aromatic heterocycles. The highest BCUT2D eigenvalue weighted by atomic mass is 79.9. The first-order chi connectivity index (χ1) is 4.86. The highest BCUT2D eigenvalue weighted by molar-refractivity contribution is 9.10. The summed E-state index contributed by atoms with van der Waals surface area (Å²) in [5, 5.41) is 1.08. The normalized spacial score (nSPS) is 10.5. The molecule has 0 saturated carbocycles. The van der Waals surface area contributed by atoms with E-state index in [4.69, 9.17) is 0 Å². The molecule has 0 aliphatic heterocycles. The van der Waals surface area contributed by atoms with Crippen LogP contribution in [-0.4, -0.2) is 4.37 Å². The van der Waals surface area contributed by atoms with E-state index in [2.05, 4.69) is 26.5 Å². The predicted octanol–water partition coefficient (Wildman–Crippen LogP) is 2.86. The Morgan fingerprint density at radius 1 is 1.50 bits per heavy atom. The van der Waals surface area contributed by atoms with Gasteiger partial charge >= 0.3 is 0 Å². The first-order valence-electron chi connectivity index (χ1n) is 2.79. The molecule has 0 spiro atoms. The molecule has 0 N–H and O–H groups in total. The fraction of sp³-hybridized carbons (Fsp3) is 0. The van der Waals surface area contributed by atoms with Gasteiger partial charge in [-0.25, -0.2) is 0 Å². The Bertz CT molecular complexity index is 355. The van der Waals surface area contributed by atoms with Crippen molar-refractivity contribution in [3.05, 3.63) is 28.9 Å². The van der Waals surface area contributed by atoms with Gasteiger partial charge in [-0.2, -0.15) is 4.37 Å². The number of hydrogen-bond acceptors (Lipinski definition) is 2. The number of rotatable bonds is 0. The average Bonchev–Trinajstić information content (AvgIpc) is 2.33. The summed E-state index contributed by atoms with van der Waals surface area (Å²) in [7, 11) is 0. The van der Waals surface area contributed by atoms with E-state index in [1.54, 1.807) is 0 Å². The third kappa shape index (κ3) is 0.954. The van der Waals surface area contributed by atoms with Crippen molar-refractivity contribution >= 4 is 37.5 Å². The molecule has 49 valence electrons. The molecule has 1 heterocycles. The van der Waals surface area contributed by atoms with E-state index < -0.39 is 0 Å². The van der Waals surface area contributed by atoms with Crippen LogP contribution in [0.2, 0.25) is 0 Å². The second-order valence-electron chi connectivity index (χ2n) is 1.93. The minimum Gasteiger partial charge on any atom is -0.190 e. The van der Waals surface area contributed by atoms with Crippen molar-refractivity contribution in [3.8, 4) is 0 Å². The summed E-state index contributed by atoms with van der Waals surface area (Å²) >= 11 is 4.84. The van der Waals surface area contributed by atoms with E-state index in [1.807, 2.05) is 18.2 Å². The zero-order valence-corrected chi connectivity index (χ0v) is 7.37. The van der Waals surface area contributed by atoms with E-state index in [0.29, 0.717) is 0 Å². The molecule has 0 amide bonds. The maximum Gasteiger partial charge on any atom is 0.112 e. The standard InChI is InChI=1S/C7H3BrNS/c8-6-1-2-7-5(3-6)4-9-10-7/h1-3H. The fourth-order valence-electron chi connectivity index (χ4n) is 0.790. The third-order valence-electron chi connectivity index (χ3n) is 1.25. The zero-order chi connectivity index (χ0) is 6.97. The Hall–Kier alpha value is -0.410. The Kier molecular flexibility index (Phi) is 1.47. The van der Waals surface area contributed by atoms with Gasteiger partial charge in [0.2, 0.25) is 0 Å². The first-order valence-corrected chi connectivity index (χ1v) is 4.35. The molecule has 1 nitrogen and oxygen atoms in total. The van der Waals surface area contributed by atoms with Gasteiger partial charge in [0.1, 0.15) is 6.20 Å². The van der Waals surface area contributed by atoms with Crippen LogP contribution in [0.1, 0.15) is 0 Å². The molecule has 0 bridgehead atoms. The van der Waals surface area contributed by atoms with Crippen molar-refractivity contribution in [2.24, 2.45) is 0 Å². The average molecular weight is 213 g/mol. The number of halogens is 1. The van der Waals surface area contributed by atoms with Crippen molar-refractivity contribution in [2.45, 2.75) is 0 Å². The number of benzene rings is 1. The summed E-state index contributed by atoms with van der Waals surface area (Å²) in [6.45, 7) is 0. The molecule has 1 radical (unpaired) electrons. The third-order valence-corrected chi connectivity index (χ3v) is 2.48. The smallest absolute Gasteiger partial charge is 0.112 e. The van der Waals surface area contributed by atoms with Gasteiger partial charge in [-0.05, 0) is 29.7 Å². The Morgan fingerprint density at radius 3 is 3.30 bits per heavy atom. The number of fused-ring (bicyclic) bond motifs is 1. The number of aromatic nitrogens is 1. The van der Waals surface area contributed by atoms with Crippen LogP contribution in [-0.2, 0) is 0 Å². The van der Waals surface area contributed by atoms with Gasteiger partial charge in [0.05, 0.1) is 4.70 Å². The fourth-order valence-corrected chi connectivity index (χ4v) is 1.73. The molecule has 2 aromatic rings. The van der Waals surface area contributed by atoms with E-state index in [9.17, 15) is 0 Å². The highest BCUT2D eigenvalue weighted by Gasteiger charge is 1.95. The van der Waals surface area contributed by atoms with Gasteiger partial charge in [0.15, 0.2) is 0 Å². The topological polar surface area (TPSA) is 12.9 Å². The molecule has 0 unspecified atom stereocenters. The molecule has 3 heteroatoms. The van der Waals surface area contributed by atoms with Crippen LogP contribution in [0.5, 0.6) is 0 Å². The summed E-state index contributed by atoms with van der Waals surface area (Å²) in [5.74, 6) is 0. The highest BCUT2D eigenvalue weighted by Crippen LogP contribution is 2.21. The maximum atomic E-state index is 3.94. The zero-order valence-electron chi connectivity index (χ0n) is 4.97. The van der Waals surface area contributed by atoms with Gasteiger partial charge in [0.25, 0.3) is 0 Å². The van der Waals surface area contributed by atoms with Gasteiger partial charge in [-0.3, -0.25) is 0 Å². The van der Waals surface area contributed by atoms with Gasteiger partial charge < -0.3 is 0 Å². The minimum absolute atomic E-state index is 1.08. The van der Waals surface area contributed by atoms with Crippen molar-refractivity contribution < 1.29 is 0 Å². The SMILES string of the molecule is Brc1ccc2sn[c]c2c1. The largest absolute Gasteiger partial charge is 0.190 e. The lowest BCUT2D eigenvalue weighted by Crippen LogP contribution is -1.62. The molecule has 0 aliphatic carbocycles. The maximum absolute atomic E-state index is 3.94. The van der Waals surface area contributed by atoms with Crippen molar-refractivity contribution in [1.82, 2.24) is 4.37 Å². The Balaban J connectivity index is 2.86. The summed E-state index contributed by atoms with van der Waals surface area (Å²) in [4.78, 5) is 0. The summed E-state index contributed by atoms with van der Waals surface area (Å²) in [6.07, 6.45) is 2.90. The summed E-state index contributed by atoms with van der Waals surface area (Å²) in [6, 6.07) is 6.06. The lowest BCUT2D eigenvalue weighted by molar-refractivity contribution is 1.58. The lowest BCUT2D eigenvalue weighted by Gasteiger charge is -1.86. The van der Waals surface area contributed by atoms with Crippen molar-refractivity contribution in [1.29, 1.82) is 0 Å². The minimum atomic E-state index is 1.08. The first kappa shape index (κ1) is 6.31. The Morgan fingerprint density at radius 2 is 2.40 bits per heavy atom. The monoisotopic (exact) mass is 212 g/mol. The second kappa shape index (κ2) is 2.32. The molecule has 0 atom stereocenters. The Labute approximate surface area is 71.0 Å². The van der Waals surface area contributed by atoms with Gasteiger partial charge in [-0.15, -0.1) is 0 Å². The number of hydrogen-bond donors (Lipinski definition) is 0. The molecule has 10 heavy (non-hydrogen) atoms. The molecule has 0 aliphatic rings. The van der Waals surface area contributed by atoms with Crippen LogP contribution in [0.15, 0.2) is 22.7 Å².